The molecular weight excluding hydrogens is 324 g/mol. The van der Waals surface area contributed by atoms with Crippen LogP contribution in [0, 0.1) is 6.92 Å². The molecule has 7 heteroatoms. The summed E-state index contributed by atoms with van der Waals surface area (Å²) in [5.74, 6) is 0.570. The third-order valence-corrected chi connectivity index (χ3v) is 3.52. The van der Waals surface area contributed by atoms with Gasteiger partial charge in [-0.3, -0.25) is 4.79 Å². The Balaban J connectivity index is 1.63. The molecule has 0 aliphatic carbocycles. The Hall–Kier alpha value is -3.35. The zero-order valence-corrected chi connectivity index (χ0v) is 13.7. The predicted molar refractivity (Wildman–Crippen MR) is 91.8 cm³/mol. The van der Waals surface area contributed by atoms with Gasteiger partial charge in [-0.2, -0.15) is 5.10 Å². The predicted octanol–water partition coefficient (Wildman–Crippen LogP) is 2.61. The van der Waals surface area contributed by atoms with Gasteiger partial charge in [0, 0.05) is 17.5 Å². The fourth-order valence-electron chi connectivity index (χ4n) is 2.26. The SMILES string of the molecule is C/C(=N/NC(=O)COc1ccc2c(C)cc(=O)oc2c1)c1ccco1. The lowest BCUT2D eigenvalue weighted by molar-refractivity contribution is -0.123. The van der Waals surface area contributed by atoms with E-state index in [4.69, 9.17) is 13.6 Å². The molecule has 3 rings (SSSR count). The van der Waals surface area contributed by atoms with Crippen molar-refractivity contribution in [3.8, 4) is 5.75 Å². The number of hydrogen-bond donors (Lipinski definition) is 1. The summed E-state index contributed by atoms with van der Waals surface area (Å²) in [6.45, 7) is 3.32. The second-order valence-corrected chi connectivity index (χ2v) is 5.40. The lowest BCUT2D eigenvalue weighted by Gasteiger charge is -2.07. The van der Waals surface area contributed by atoms with Crippen LogP contribution in [0.5, 0.6) is 5.75 Å². The number of rotatable bonds is 5. The average molecular weight is 340 g/mol. The van der Waals surface area contributed by atoms with Gasteiger partial charge in [-0.1, -0.05) is 0 Å². The molecule has 0 spiro atoms. The zero-order chi connectivity index (χ0) is 17.8. The highest BCUT2D eigenvalue weighted by atomic mass is 16.5. The van der Waals surface area contributed by atoms with Gasteiger partial charge in [-0.05, 0) is 43.7 Å². The average Bonchev–Trinajstić information content (AvgIpc) is 3.12. The number of fused-ring (bicyclic) bond motifs is 1. The summed E-state index contributed by atoms with van der Waals surface area (Å²) in [5.41, 5.74) is 3.73. The summed E-state index contributed by atoms with van der Waals surface area (Å²) in [6.07, 6.45) is 1.53. The van der Waals surface area contributed by atoms with Gasteiger partial charge in [0.1, 0.15) is 22.8 Å². The first-order valence-corrected chi connectivity index (χ1v) is 7.57. The van der Waals surface area contributed by atoms with Gasteiger partial charge < -0.3 is 13.6 Å². The monoisotopic (exact) mass is 340 g/mol. The van der Waals surface area contributed by atoms with E-state index in [2.05, 4.69) is 10.5 Å². The van der Waals surface area contributed by atoms with Crippen molar-refractivity contribution in [1.29, 1.82) is 0 Å². The van der Waals surface area contributed by atoms with Gasteiger partial charge >= 0.3 is 5.63 Å². The van der Waals surface area contributed by atoms with E-state index < -0.39 is 11.5 Å². The van der Waals surface area contributed by atoms with Crippen LogP contribution < -0.4 is 15.8 Å². The fourth-order valence-corrected chi connectivity index (χ4v) is 2.26. The number of aryl methyl sites for hydroxylation is 1. The molecule has 0 bridgehead atoms. The van der Waals surface area contributed by atoms with Crippen molar-refractivity contribution in [2.75, 3.05) is 6.61 Å². The molecule has 2 aromatic heterocycles. The maximum absolute atomic E-state index is 11.8. The van der Waals surface area contributed by atoms with Crippen LogP contribution in [0.15, 0.2) is 61.4 Å². The van der Waals surface area contributed by atoms with Crippen molar-refractivity contribution in [3.63, 3.8) is 0 Å². The van der Waals surface area contributed by atoms with Crippen LogP contribution in [0.2, 0.25) is 0 Å². The largest absolute Gasteiger partial charge is 0.484 e. The van der Waals surface area contributed by atoms with Crippen molar-refractivity contribution < 1.29 is 18.4 Å². The highest BCUT2D eigenvalue weighted by molar-refractivity contribution is 5.96. The van der Waals surface area contributed by atoms with Crippen molar-refractivity contribution in [2.24, 2.45) is 5.10 Å². The molecule has 0 unspecified atom stereocenters. The molecule has 2 heterocycles. The van der Waals surface area contributed by atoms with Gasteiger partial charge in [-0.25, -0.2) is 10.2 Å². The molecular formula is C18H16N2O5. The maximum Gasteiger partial charge on any atom is 0.336 e. The number of hydrazone groups is 1. The van der Waals surface area contributed by atoms with E-state index in [0.29, 0.717) is 22.8 Å². The molecule has 0 saturated heterocycles. The molecule has 7 nitrogen and oxygen atoms in total. The third kappa shape index (κ3) is 3.95. The molecule has 1 N–H and O–H groups in total. The first-order valence-electron chi connectivity index (χ1n) is 7.57. The van der Waals surface area contributed by atoms with Gasteiger partial charge in [0.15, 0.2) is 6.61 Å². The molecule has 1 amide bonds. The molecule has 1 aromatic carbocycles. The van der Waals surface area contributed by atoms with E-state index in [0.717, 1.165) is 10.9 Å². The van der Waals surface area contributed by atoms with E-state index in [-0.39, 0.29) is 6.61 Å². The van der Waals surface area contributed by atoms with Gasteiger partial charge in [0.05, 0.1) is 6.26 Å². The summed E-state index contributed by atoms with van der Waals surface area (Å²) in [7, 11) is 0. The first kappa shape index (κ1) is 16.5. The van der Waals surface area contributed by atoms with E-state index >= 15 is 0 Å². The lowest BCUT2D eigenvalue weighted by Crippen LogP contribution is -2.25. The number of nitrogens with zero attached hydrogens (tertiary/aromatic N) is 1. The van der Waals surface area contributed by atoms with Gasteiger partial charge in [-0.15, -0.1) is 0 Å². The zero-order valence-electron chi connectivity index (χ0n) is 13.7. The summed E-state index contributed by atoms with van der Waals surface area (Å²) >= 11 is 0. The van der Waals surface area contributed by atoms with Crippen molar-refractivity contribution >= 4 is 22.6 Å². The van der Waals surface area contributed by atoms with E-state index in [1.165, 1.54) is 12.3 Å². The van der Waals surface area contributed by atoms with Crippen LogP contribution in [0.3, 0.4) is 0 Å². The van der Waals surface area contributed by atoms with Crippen LogP contribution in [-0.2, 0) is 4.79 Å². The lowest BCUT2D eigenvalue weighted by atomic mass is 10.1. The summed E-state index contributed by atoms with van der Waals surface area (Å²) in [5, 5.41) is 4.75. The number of ether oxygens (including phenoxy) is 1. The van der Waals surface area contributed by atoms with Crippen molar-refractivity contribution in [2.45, 2.75) is 13.8 Å². The quantitative estimate of drug-likeness (QED) is 0.438. The summed E-state index contributed by atoms with van der Waals surface area (Å²) in [6, 6.07) is 9.97. The highest BCUT2D eigenvalue weighted by Gasteiger charge is 2.07. The number of benzene rings is 1. The Morgan fingerprint density at radius 2 is 2.12 bits per heavy atom. The van der Waals surface area contributed by atoms with Gasteiger partial charge in [0.25, 0.3) is 5.91 Å². The molecule has 0 atom stereocenters. The second kappa shape index (κ2) is 7.04. The minimum atomic E-state index is -0.428. The number of furan rings is 1. The smallest absolute Gasteiger partial charge is 0.336 e. The third-order valence-electron chi connectivity index (χ3n) is 3.52. The molecule has 0 fully saturated rings. The van der Waals surface area contributed by atoms with Crippen LogP contribution in [0.4, 0.5) is 0 Å². The molecule has 128 valence electrons. The van der Waals surface area contributed by atoms with E-state index in [9.17, 15) is 9.59 Å². The van der Waals surface area contributed by atoms with Crippen LogP contribution in [0.1, 0.15) is 18.2 Å². The highest BCUT2D eigenvalue weighted by Crippen LogP contribution is 2.22. The maximum atomic E-state index is 11.8. The topological polar surface area (TPSA) is 94.0 Å². The number of amides is 1. The molecule has 25 heavy (non-hydrogen) atoms. The fraction of sp³-hybridized carbons (Fsp3) is 0.167. The minimum absolute atomic E-state index is 0.226. The number of carbonyl (C=O) groups excluding carboxylic acids is 1. The Morgan fingerprint density at radius 1 is 1.28 bits per heavy atom. The number of nitrogens with one attached hydrogen (secondary N) is 1. The molecule has 0 radical (unpaired) electrons. The molecule has 0 aliphatic rings. The normalized spacial score (nSPS) is 11.5. The second-order valence-electron chi connectivity index (χ2n) is 5.40. The standard InChI is InChI=1S/C18H16N2O5/c1-11-8-18(22)25-16-9-13(5-6-14(11)16)24-10-17(21)20-19-12(2)15-4-3-7-23-15/h3-9H,10H2,1-2H3,(H,20,21)/b19-12-. The Labute approximate surface area is 142 Å². The summed E-state index contributed by atoms with van der Waals surface area (Å²) in [4.78, 5) is 23.2. The van der Waals surface area contributed by atoms with Gasteiger partial charge in [0.2, 0.25) is 0 Å². The van der Waals surface area contributed by atoms with Crippen LogP contribution >= 0.6 is 0 Å². The molecule has 3 aromatic rings. The van der Waals surface area contributed by atoms with Crippen molar-refractivity contribution in [1.82, 2.24) is 5.43 Å². The minimum Gasteiger partial charge on any atom is -0.484 e. The van der Waals surface area contributed by atoms with Crippen LogP contribution in [0.25, 0.3) is 11.0 Å². The van der Waals surface area contributed by atoms with E-state index in [1.807, 2.05) is 6.92 Å². The van der Waals surface area contributed by atoms with Crippen LogP contribution in [-0.4, -0.2) is 18.2 Å². The number of hydrogen-bond acceptors (Lipinski definition) is 6. The first-order chi connectivity index (χ1) is 12.0. The Kier molecular flexibility index (Phi) is 4.65. The Morgan fingerprint density at radius 3 is 2.88 bits per heavy atom. The molecule has 0 aliphatic heterocycles. The Bertz CT molecular complexity index is 986. The van der Waals surface area contributed by atoms with E-state index in [1.54, 1.807) is 37.3 Å². The van der Waals surface area contributed by atoms with Crippen molar-refractivity contribution in [3.05, 3.63) is 64.4 Å². The summed E-state index contributed by atoms with van der Waals surface area (Å²) < 4.78 is 15.7. The molecule has 0 saturated carbocycles. The number of carbonyl (C=O) groups is 1.